The maximum atomic E-state index is 13.3. The lowest BCUT2D eigenvalue weighted by Crippen LogP contribution is -2.54. The Kier molecular flexibility index (Phi) is 17.6. The number of carbonyl (C=O) groups excluding carboxylic acids is 2. The first-order valence-corrected chi connectivity index (χ1v) is 24.2. The van der Waals surface area contributed by atoms with Gasteiger partial charge in [-0.2, -0.15) is 9.61 Å². The van der Waals surface area contributed by atoms with Gasteiger partial charge in [-0.15, -0.1) is 0 Å². The number of carbonyl (C=O) groups is 2. The Hall–Kier alpha value is -5.14. The average molecular weight is 901 g/mol. The van der Waals surface area contributed by atoms with Crippen LogP contribution in [-0.4, -0.2) is 106 Å². The van der Waals surface area contributed by atoms with E-state index in [-0.39, 0.29) is 29.3 Å². The number of aromatic nitrogens is 3. The van der Waals surface area contributed by atoms with E-state index in [0.29, 0.717) is 25.9 Å². The molecule has 1 saturated heterocycles. The molecule has 1 aliphatic heterocycles. The number of piperazine rings is 1. The molecule has 3 aromatic carbocycles. The van der Waals surface area contributed by atoms with E-state index in [2.05, 4.69) is 110 Å². The summed E-state index contributed by atoms with van der Waals surface area (Å²) in [6, 6.07) is 29.5. The van der Waals surface area contributed by atoms with Crippen molar-refractivity contribution >= 4 is 23.3 Å². The normalized spacial score (nSPS) is 15.2. The van der Waals surface area contributed by atoms with E-state index in [9.17, 15) is 19.8 Å². The van der Waals surface area contributed by atoms with Gasteiger partial charge >= 0.3 is 0 Å². The summed E-state index contributed by atoms with van der Waals surface area (Å²) in [5, 5.41) is 31.2. The highest BCUT2D eigenvalue weighted by Crippen LogP contribution is 2.38. The van der Waals surface area contributed by atoms with Crippen LogP contribution in [0.3, 0.4) is 0 Å². The molecular formula is C54H76N8O4. The van der Waals surface area contributed by atoms with Crippen molar-refractivity contribution in [3.8, 4) is 22.4 Å². The number of β-amino-alcohol motifs (C(OH)–C–C–N with tert-alkyl or cyclic N) is 1. The van der Waals surface area contributed by atoms with Gasteiger partial charge in [0, 0.05) is 62.5 Å². The molecule has 6 N–H and O–H groups in total. The van der Waals surface area contributed by atoms with Crippen LogP contribution in [0.25, 0.3) is 28.0 Å². The number of anilines is 1. The fourth-order valence-corrected chi connectivity index (χ4v) is 9.12. The second-order valence-electron chi connectivity index (χ2n) is 20.5. The molecule has 2 aromatic heterocycles. The number of nitrogens with one attached hydrogen (secondary N) is 2. The van der Waals surface area contributed by atoms with Crippen LogP contribution >= 0.6 is 0 Å². The zero-order chi connectivity index (χ0) is 47.4. The van der Waals surface area contributed by atoms with Gasteiger partial charge in [-0.3, -0.25) is 14.5 Å². The summed E-state index contributed by atoms with van der Waals surface area (Å²) in [4.78, 5) is 36.4. The Morgan fingerprint density at radius 1 is 0.803 bits per heavy atom. The molecule has 0 saturated carbocycles. The highest BCUT2D eigenvalue weighted by Gasteiger charge is 2.30. The van der Waals surface area contributed by atoms with Crippen LogP contribution in [-0.2, 0) is 22.4 Å². The summed E-state index contributed by atoms with van der Waals surface area (Å²) in [5.74, 6) is 0.349. The van der Waals surface area contributed by atoms with Crippen LogP contribution < -0.4 is 21.3 Å². The van der Waals surface area contributed by atoms with Gasteiger partial charge in [0.15, 0.2) is 5.65 Å². The SMILES string of the molecule is Cc1nn2c(N3CCN(CCO)CC3)cc(-c3cccc(CCC(C)(C)CCC(C)(C)CCCNC(=O)C(CC(C)C)NC(=O)C(O)C(N)Cc4ccccc4)c3)nc2c1-c1ccccc1. The summed E-state index contributed by atoms with van der Waals surface area (Å²) >= 11 is 0. The predicted octanol–water partition coefficient (Wildman–Crippen LogP) is 7.61. The maximum Gasteiger partial charge on any atom is 0.251 e. The van der Waals surface area contributed by atoms with Gasteiger partial charge in [-0.25, -0.2) is 4.98 Å². The van der Waals surface area contributed by atoms with Crippen molar-refractivity contribution in [1.82, 2.24) is 30.1 Å². The van der Waals surface area contributed by atoms with Gasteiger partial charge < -0.3 is 31.5 Å². The molecule has 1 aliphatic rings. The molecule has 3 atom stereocenters. The van der Waals surface area contributed by atoms with Gasteiger partial charge in [0.25, 0.3) is 5.91 Å². The number of nitrogens with two attached hydrogens (primary N) is 1. The van der Waals surface area contributed by atoms with Gasteiger partial charge in [-0.05, 0) is 97.8 Å². The summed E-state index contributed by atoms with van der Waals surface area (Å²) in [7, 11) is 0. The topological polar surface area (TPSA) is 161 Å². The zero-order valence-electron chi connectivity index (χ0n) is 40.6. The van der Waals surface area contributed by atoms with Crippen LogP contribution in [0.2, 0.25) is 0 Å². The van der Waals surface area contributed by atoms with E-state index in [1.54, 1.807) is 0 Å². The third kappa shape index (κ3) is 13.9. The minimum absolute atomic E-state index is 0.0879. The van der Waals surface area contributed by atoms with E-state index in [1.807, 2.05) is 54.8 Å². The number of aryl methyl sites for hydroxylation is 2. The van der Waals surface area contributed by atoms with Crippen LogP contribution in [0.5, 0.6) is 0 Å². The highest BCUT2D eigenvalue weighted by molar-refractivity contribution is 5.89. The lowest BCUT2D eigenvalue weighted by atomic mass is 9.74. The number of hydrogen-bond donors (Lipinski definition) is 5. The fraction of sp³-hybridized carbons (Fsp3) is 0.519. The molecule has 0 radical (unpaired) electrons. The molecule has 5 aromatic rings. The molecule has 356 valence electrons. The zero-order valence-corrected chi connectivity index (χ0v) is 40.6. The Morgan fingerprint density at radius 2 is 1.44 bits per heavy atom. The summed E-state index contributed by atoms with van der Waals surface area (Å²) in [6.45, 7) is 20.3. The maximum absolute atomic E-state index is 13.3. The molecule has 66 heavy (non-hydrogen) atoms. The van der Waals surface area contributed by atoms with Crippen molar-refractivity contribution in [2.45, 2.75) is 118 Å². The van der Waals surface area contributed by atoms with Crippen LogP contribution in [0.1, 0.15) is 96.9 Å². The molecule has 3 unspecified atom stereocenters. The van der Waals surface area contributed by atoms with Gasteiger partial charge in [0.1, 0.15) is 18.0 Å². The number of aliphatic hydroxyl groups excluding tert-OH is 2. The van der Waals surface area contributed by atoms with E-state index in [0.717, 1.165) is 110 Å². The smallest absolute Gasteiger partial charge is 0.251 e. The number of nitrogens with zero attached hydrogens (tertiary/aromatic N) is 5. The number of fused-ring (bicyclic) bond motifs is 1. The summed E-state index contributed by atoms with van der Waals surface area (Å²) < 4.78 is 2.03. The van der Waals surface area contributed by atoms with Crippen LogP contribution in [0.15, 0.2) is 91.0 Å². The van der Waals surface area contributed by atoms with Gasteiger partial charge in [0.2, 0.25) is 5.91 Å². The molecule has 12 heteroatoms. The van der Waals surface area contributed by atoms with E-state index in [1.165, 1.54) is 5.56 Å². The quantitative estimate of drug-likeness (QED) is 0.0416. The molecule has 12 nitrogen and oxygen atoms in total. The number of hydrogen-bond acceptors (Lipinski definition) is 9. The Morgan fingerprint density at radius 3 is 2.11 bits per heavy atom. The van der Waals surface area contributed by atoms with Crippen molar-refractivity contribution in [2.75, 3.05) is 50.8 Å². The molecule has 1 fully saturated rings. The minimum Gasteiger partial charge on any atom is -0.395 e. The molecular weight excluding hydrogens is 825 g/mol. The third-order valence-electron chi connectivity index (χ3n) is 13.4. The number of benzene rings is 3. The van der Waals surface area contributed by atoms with Gasteiger partial charge in [-0.1, -0.05) is 120 Å². The first-order valence-electron chi connectivity index (χ1n) is 24.2. The second-order valence-corrected chi connectivity index (χ2v) is 20.5. The Bertz CT molecular complexity index is 2320. The molecule has 0 aliphatic carbocycles. The van der Waals surface area contributed by atoms with Crippen LogP contribution in [0.4, 0.5) is 5.82 Å². The monoisotopic (exact) mass is 901 g/mol. The molecule has 2 amide bonds. The highest BCUT2D eigenvalue weighted by atomic mass is 16.3. The molecule has 0 bridgehead atoms. The lowest BCUT2D eigenvalue weighted by molar-refractivity contribution is -0.135. The molecule has 3 heterocycles. The summed E-state index contributed by atoms with van der Waals surface area (Å²) in [6.07, 6.45) is 5.33. The average Bonchev–Trinajstić information content (AvgIpc) is 3.64. The van der Waals surface area contributed by atoms with Crippen molar-refractivity contribution < 1.29 is 19.8 Å². The lowest BCUT2D eigenvalue weighted by Gasteiger charge is -2.35. The van der Waals surface area contributed by atoms with Crippen molar-refractivity contribution in [3.63, 3.8) is 0 Å². The van der Waals surface area contributed by atoms with E-state index < -0.39 is 24.1 Å². The second kappa shape index (κ2) is 23.0. The number of aliphatic hydroxyl groups is 2. The Labute approximate surface area is 393 Å². The van der Waals surface area contributed by atoms with Crippen LogP contribution in [0, 0.1) is 23.7 Å². The largest absolute Gasteiger partial charge is 0.395 e. The molecule has 0 spiro atoms. The number of rotatable bonds is 23. The summed E-state index contributed by atoms with van der Waals surface area (Å²) in [5.41, 5.74) is 14.6. The predicted molar refractivity (Wildman–Crippen MR) is 267 cm³/mol. The van der Waals surface area contributed by atoms with Crippen molar-refractivity contribution in [2.24, 2.45) is 22.5 Å². The van der Waals surface area contributed by atoms with Crippen molar-refractivity contribution in [1.29, 1.82) is 0 Å². The van der Waals surface area contributed by atoms with E-state index in [4.69, 9.17) is 15.8 Å². The molecule has 6 rings (SSSR count). The Balaban J connectivity index is 1.03. The van der Waals surface area contributed by atoms with Crippen molar-refractivity contribution in [3.05, 3.63) is 108 Å². The standard InChI is InChI=1S/C54H76N8O4/c1-38(2)34-46(58-52(66)49(64)44(55)36-40-16-10-8-11-17-40)51(65)56-27-15-23-53(4,5)25-26-54(6,7)24-22-41-18-14-21-43(35-41)45-37-47(61-30-28-60(29-31-61)32-33-63)62-50(57-45)48(39(3)59-62)42-19-12-9-13-20-42/h8-14,16-21,35,37-38,44,46,49,63-64H,15,22-34,36,55H2,1-7H3,(H,56,65)(H,58,66). The van der Waals surface area contributed by atoms with Gasteiger partial charge in [0.05, 0.1) is 18.0 Å². The third-order valence-corrected chi connectivity index (χ3v) is 13.4. The first kappa shape index (κ1) is 50.3. The fourth-order valence-electron chi connectivity index (χ4n) is 9.12. The number of amides is 2. The minimum atomic E-state index is -1.42. The van der Waals surface area contributed by atoms with E-state index >= 15 is 0 Å². The first-order chi connectivity index (χ1) is 31.5.